The molecule has 0 spiro atoms. The summed E-state index contributed by atoms with van der Waals surface area (Å²) in [6, 6.07) is 0. The molecule has 3 nitrogen and oxygen atoms in total. The minimum absolute atomic E-state index is 0.577. The topological polar surface area (TPSA) is 36.4 Å². The minimum atomic E-state index is 0.577. The SMILES string of the molecule is C=C(Cl)CNC1=NCCN1. The molecule has 4 heteroatoms. The van der Waals surface area contributed by atoms with Gasteiger partial charge in [0.1, 0.15) is 0 Å². The summed E-state index contributed by atoms with van der Waals surface area (Å²) in [6.45, 7) is 5.87. The molecule has 1 aliphatic rings. The summed E-state index contributed by atoms with van der Waals surface area (Å²) < 4.78 is 0. The molecule has 0 aromatic heterocycles. The van der Waals surface area contributed by atoms with Crippen LogP contribution < -0.4 is 10.6 Å². The number of rotatable bonds is 2. The van der Waals surface area contributed by atoms with Crippen molar-refractivity contribution in [2.45, 2.75) is 0 Å². The molecule has 0 saturated carbocycles. The second-order valence-electron chi connectivity index (χ2n) is 2.03. The lowest BCUT2D eigenvalue weighted by Crippen LogP contribution is -2.34. The van der Waals surface area contributed by atoms with Crippen LogP contribution in [0, 0.1) is 0 Å². The third kappa shape index (κ3) is 2.27. The van der Waals surface area contributed by atoms with Gasteiger partial charge in [-0.1, -0.05) is 18.2 Å². The third-order valence-electron chi connectivity index (χ3n) is 1.12. The van der Waals surface area contributed by atoms with Gasteiger partial charge in [-0.2, -0.15) is 0 Å². The van der Waals surface area contributed by atoms with Gasteiger partial charge in [-0.3, -0.25) is 4.99 Å². The first-order valence-electron chi connectivity index (χ1n) is 3.14. The van der Waals surface area contributed by atoms with Crippen LogP contribution in [0.2, 0.25) is 0 Å². The van der Waals surface area contributed by atoms with E-state index in [0.29, 0.717) is 11.6 Å². The zero-order valence-corrected chi connectivity index (χ0v) is 6.41. The number of nitrogens with one attached hydrogen (secondary N) is 2. The highest BCUT2D eigenvalue weighted by Gasteiger charge is 2.02. The van der Waals surface area contributed by atoms with E-state index in [1.807, 2.05) is 0 Å². The molecule has 0 radical (unpaired) electrons. The molecule has 2 N–H and O–H groups in total. The fourth-order valence-corrected chi connectivity index (χ4v) is 0.763. The molecule has 0 bridgehead atoms. The molecule has 1 heterocycles. The molecular formula is C6H10ClN3. The van der Waals surface area contributed by atoms with E-state index in [9.17, 15) is 0 Å². The number of nitrogens with zero attached hydrogens (tertiary/aromatic N) is 1. The van der Waals surface area contributed by atoms with Crippen LogP contribution in [0.3, 0.4) is 0 Å². The summed E-state index contributed by atoms with van der Waals surface area (Å²) in [4.78, 5) is 4.10. The van der Waals surface area contributed by atoms with E-state index in [4.69, 9.17) is 11.6 Å². The lowest BCUT2D eigenvalue weighted by Gasteiger charge is -2.03. The van der Waals surface area contributed by atoms with Crippen molar-refractivity contribution in [2.24, 2.45) is 4.99 Å². The van der Waals surface area contributed by atoms with Crippen LogP contribution in [0.4, 0.5) is 0 Å². The van der Waals surface area contributed by atoms with Crippen LogP contribution in [0.5, 0.6) is 0 Å². The Balaban J connectivity index is 2.19. The number of hydrogen-bond acceptors (Lipinski definition) is 3. The van der Waals surface area contributed by atoms with Crippen molar-refractivity contribution < 1.29 is 0 Å². The van der Waals surface area contributed by atoms with Gasteiger partial charge in [-0.15, -0.1) is 0 Å². The maximum atomic E-state index is 5.52. The van der Waals surface area contributed by atoms with Gasteiger partial charge in [0.25, 0.3) is 0 Å². The van der Waals surface area contributed by atoms with Gasteiger partial charge in [0.2, 0.25) is 0 Å². The third-order valence-corrected chi connectivity index (χ3v) is 1.26. The molecule has 0 fully saturated rings. The average molecular weight is 160 g/mol. The highest BCUT2D eigenvalue weighted by atomic mass is 35.5. The Labute approximate surface area is 65.2 Å². The van der Waals surface area contributed by atoms with Crippen LogP contribution in [0.15, 0.2) is 16.6 Å². The molecule has 0 saturated heterocycles. The predicted molar refractivity (Wildman–Crippen MR) is 43.3 cm³/mol. The van der Waals surface area contributed by atoms with E-state index in [-0.39, 0.29) is 0 Å². The Kier molecular flexibility index (Phi) is 2.57. The van der Waals surface area contributed by atoms with Crippen molar-refractivity contribution in [3.63, 3.8) is 0 Å². The minimum Gasteiger partial charge on any atom is -0.355 e. The van der Waals surface area contributed by atoms with Gasteiger partial charge < -0.3 is 10.6 Å². The molecule has 1 rings (SSSR count). The van der Waals surface area contributed by atoms with E-state index in [2.05, 4.69) is 22.2 Å². The monoisotopic (exact) mass is 159 g/mol. The van der Waals surface area contributed by atoms with Crippen molar-refractivity contribution >= 4 is 17.6 Å². The zero-order chi connectivity index (χ0) is 7.40. The average Bonchev–Trinajstić information content (AvgIpc) is 2.34. The van der Waals surface area contributed by atoms with Gasteiger partial charge in [0.15, 0.2) is 5.96 Å². The molecule has 0 aliphatic carbocycles. The van der Waals surface area contributed by atoms with Crippen LogP contribution in [-0.2, 0) is 0 Å². The smallest absolute Gasteiger partial charge is 0.191 e. The Morgan fingerprint density at radius 3 is 3.20 bits per heavy atom. The van der Waals surface area contributed by atoms with E-state index < -0.39 is 0 Å². The molecule has 0 aromatic carbocycles. The van der Waals surface area contributed by atoms with Crippen molar-refractivity contribution in [3.05, 3.63) is 11.6 Å². The summed E-state index contributed by atoms with van der Waals surface area (Å²) in [6.07, 6.45) is 0. The second-order valence-corrected chi connectivity index (χ2v) is 2.56. The van der Waals surface area contributed by atoms with Gasteiger partial charge >= 0.3 is 0 Å². The van der Waals surface area contributed by atoms with Crippen molar-refractivity contribution in [1.82, 2.24) is 10.6 Å². The van der Waals surface area contributed by atoms with Crippen molar-refractivity contribution in [3.8, 4) is 0 Å². The Morgan fingerprint density at radius 2 is 2.70 bits per heavy atom. The van der Waals surface area contributed by atoms with Crippen LogP contribution >= 0.6 is 11.6 Å². The highest BCUT2D eigenvalue weighted by Crippen LogP contribution is 1.92. The highest BCUT2D eigenvalue weighted by molar-refractivity contribution is 6.29. The van der Waals surface area contributed by atoms with Gasteiger partial charge in [0, 0.05) is 11.6 Å². The fraction of sp³-hybridized carbons (Fsp3) is 0.500. The van der Waals surface area contributed by atoms with Crippen LogP contribution in [-0.4, -0.2) is 25.6 Å². The number of hydrogen-bond donors (Lipinski definition) is 2. The lowest BCUT2D eigenvalue weighted by atomic mass is 10.6. The maximum absolute atomic E-state index is 5.52. The quantitative estimate of drug-likeness (QED) is 0.608. The predicted octanol–water partition coefficient (Wildman–Crippen LogP) is 0.288. The molecule has 56 valence electrons. The summed E-state index contributed by atoms with van der Waals surface area (Å²) in [7, 11) is 0. The second kappa shape index (κ2) is 3.46. The molecular weight excluding hydrogens is 150 g/mol. The Bertz CT molecular complexity index is 164. The van der Waals surface area contributed by atoms with Gasteiger partial charge in [-0.05, 0) is 0 Å². The summed E-state index contributed by atoms with van der Waals surface area (Å²) in [5.74, 6) is 0.821. The molecule has 0 unspecified atom stereocenters. The van der Waals surface area contributed by atoms with E-state index in [1.165, 1.54) is 0 Å². The van der Waals surface area contributed by atoms with E-state index >= 15 is 0 Å². The molecule has 0 atom stereocenters. The normalized spacial score (nSPS) is 15.9. The molecule has 0 amide bonds. The standard InChI is InChI=1S/C6H10ClN3/c1-5(7)4-10-6-8-2-3-9-6/h1-4H2,(H2,8,9,10). The maximum Gasteiger partial charge on any atom is 0.191 e. The molecule has 1 aliphatic heterocycles. The van der Waals surface area contributed by atoms with Crippen molar-refractivity contribution in [1.29, 1.82) is 0 Å². The summed E-state index contributed by atoms with van der Waals surface area (Å²) in [5, 5.41) is 6.63. The Hall–Kier alpha value is -0.700. The van der Waals surface area contributed by atoms with E-state index in [1.54, 1.807) is 0 Å². The zero-order valence-electron chi connectivity index (χ0n) is 5.65. The summed E-state index contributed by atoms with van der Waals surface area (Å²) in [5.41, 5.74) is 0. The first-order valence-corrected chi connectivity index (χ1v) is 3.52. The largest absolute Gasteiger partial charge is 0.355 e. The lowest BCUT2D eigenvalue weighted by molar-refractivity contribution is 0.921. The number of halogens is 1. The first kappa shape index (κ1) is 7.41. The van der Waals surface area contributed by atoms with Crippen molar-refractivity contribution in [2.75, 3.05) is 19.6 Å². The van der Waals surface area contributed by atoms with Gasteiger partial charge in [-0.25, -0.2) is 0 Å². The Morgan fingerprint density at radius 1 is 1.90 bits per heavy atom. The fourth-order valence-electron chi connectivity index (χ4n) is 0.696. The van der Waals surface area contributed by atoms with Crippen LogP contribution in [0.25, 0.3) is 0 Å². The number of guanidine groups is 1. The van der Waals surface area contributed by atoms with Crippen LogP contribution in [0.1, 0.15) is 0 Å². The summed E-state index contributed by atoms with van der Waals surface area (Å²) >= 11 is 5.52. The molecule has 10 heavy (non-hydrogen) atoms. The van der Waals surface area contributed by atoms with Gasteiger partial charge in [0.05, 0.1) is 13.1 Å². The number of aliphatic imine (C=N–C) groups is 1. The molecule has 0 aromatic rings. The first-order chi connectivity index (χ1) is 4.79. The van der Waals surface area contributed by atoms with E-state index in [0.717, 1.165) is 19.0 Å².